The first-order valence-electron chi connectivity index (χ1n) is 5.93. The Hall–Kier alpha value is -1.34. The fourth-order valence-corrected chi connectivity index (χ4v) is 2.05. The van der Waals surface area contributed by atoms with Crippen LogP contribution in [0.5, 0.6) is 0 Å². The van der Waals surface area contributed by atoms with Crippen molar-refractivity contribution >= 4 is 15.9 Å². The van der Waals surface area contributed by atoms with Crippen LogP contribution in [0.15, 0.2) is 22.8 Å². The molecule has 1 aromatic heterocycles. The molecule has 0 atom stereocenters. The van der Waals surface area contributed by atoms with Crippen molar-refractivity contribution in [3.63, 3.8) is 0 Å². The third-order valence-corrected chi connectivity index (χ3v) is 3.53. The summed E-state index contributed by atoms with van der Waals surface area (Å²) in [7, 11) is 0. The molecule has 0 radical (unpaired) electrons. The van der Waals surface area contributed by atoms with E-state index in [1.165, 1.54) is 23.6 Å². The fourth-order valence-electron chi connectivity index (χ4n) is 1.72. The Balaban J connectivity index is 1.83. The van der Waals surface area contributed by atoms with Crippen LogP contribution in [0.2, 0.25) is 0 Å². The van der Waals surface area contributed by atoms with Crippen LogP contribution in [-0.4, -0.2) is 21.0 Å². The second-order valence-corrected chi connectivity index (χ2v) is 5.38. The predicted octanol–water partition coefficient (Wildman–Crippen LogP) is 2.56. The van der Waals surface area contributed by atoms with Crippen LogP contribution in [0.3, 0.4) is 0 Å². The van der Waals surface area contributed by atoms with Gasteiger partial charge in [-0.2, -0.15) is 0 Å². The summed E-state index contributed by atoms with van der Waals surface area (Å²) in [4.78, 5) is 0. The van der Waals surface area contributed by atoms with Gasteiger partial charge in [0, 0.05) is 18.7 Å². The van der Waals surface area contributed by atoms with E-state index in [2.05, 4.69) is 31.6 Å². The van der Waals surface area contributed by atoms with Gasteiger partial charge in [-0.25, -0.2) is 13.5 Å². The average molecular weight is 329 g/mol. The minimum atomic E-state index is -0.674. The summed E-state index contributed by atoms with van der Waals surface area (Å²) < 4.78 is 28.3. The van der Waals surface area contributed by atoms with Gasteiger partial charge in [-0.1, -0.05) is 5.21 Å². The van der Waals surface area contributed by atoms with Crippen molar-refractivity contribution in [2.45, 2.75) is 25.4 Å². The molecule has 3 rings (SSSR count). The van der Waals surface area contributed by atoms with Gasteiger partial charge in [0.25, 0.3) is 0 Å². The number of rotatable bonds is 4. The molecule has 0 unspecified atom stereocenters. The molecule has 7 heteroatoms. The zero-order chi connectivity index (χ0) is 13.4. The lowest BCUT2D eigenvalue weighted by molar-refractivity contribution is 0.568. The van der Waals surface area contributed by atoms with Crippen molar-refractivity contribution in [1.82, 2.24) is 20.3 Å². The highest BCUT2D eigenvalue weighted by Crippen LogP contribution is 2.23. The summed E-state index contributed by atoms with van der Waals surface area (Å²) in [6.07, 6.45) is 4.01. The van der Waals surface area contributed by atoms with Crippen LogP contribution in [0, 0.1) is 11.6 Å². The number of hydrogen-bond donors (Lipinski definition) is 1. The third kappa shape index (κ3) is 2.82. The summed E-state index contributed by atoms with van der Waals surface area (Å²) in [5.74, 6) is -1.32. The molecular weight excluding hydrogens is 318 g/mol. The summed E-state index contributed by atoms with van der Waals surface area (Å²) in [6, 6.07) is 2.74. The van der Waals surface area contributed by atoms with Crippen molar-refractivity contribution in [2.24, 2.45) is 0 Å². The lowest BCUT2D eigenvalue weighted by Crippen LogP contribution is -2.15. The van der Waals surface area contributed by atoms with E-state index >= 15 is 0 Å². The van der Waals surface area contributed by atoms with Gasteiger partial charge in [0.05, 0.1) is 16.4 Å². The Bertz CT molecular complexity index is 610. The van der Waals surface area contributed by atoms with Crippen LogP contribution >= 0.6 is 15.9 Å². The molecule has 1 fully saturated rings. The molecule has 1 heterocycles. The Labute approximate surface area is 116 Å². The lowest BCUT2D eigenvalue weighted by Gasteiger charge is -2.03. The van der Waals surface area contributed by atoms with E-state index in [0.717, 1.165) is 11.8 Å². The van der Waals surface area contributed by atoms with E-state index in [0.29, 0.717) is 12.6 Å². The number of hydrogen-bond acceptors (Lipinski definition) is 3. The zero-order valence-electron chi connectivity index (χ0n) is 9.91. The molecule has 100 valence electrons. The minimum absolute atomic E-state index is 0.165. The molecule has 0 bridgehead atoms. The van der Waals surface area contributed by atoms with Gasteiger partial charge in [-0.3, -0.25) is 0 Å². The Morgan fingerprint density at radius 3 is 2.84 bits per heavy atom. The summed E-state index contributed by atoms with van der Waals surface area (Å²) in [5, 5.41) is 11.1. The maximum Gasteiger partial charge on any atom is 0.151 e. The van der Waals surface area contributed by atoms with E-state index in [9.17, 15) is 8.78 Å². The first-order valence-corrected chi connectivity index (χ1v) is 6.72. The fraction of sp³-hybridized carbons (Fsp3) is 0.333. The number of benzene rings is 1. The quantitative estimate of drug-likeness (QED) is 0.877. The maximum absolute atomic E-state index is 13.7. The van der Waals surface area contributed by atoms with E-state index < -0.39 is 11.6 Å². The van der Waals surface area contributed by atoms with Crippen LogP contribution < -0.4 is 5.32 Å². The molecule has 1 aliphatic rings. The number of halogens is 3. The smallest absolute Gasteiger partial charge is 0.151 e. The molecule has 1 N–H and O–H groups in total. The predicted molar refractivity (Wildman–Crippen MR) is 68.8 cm³/mol. The van der Waals surface area contributed by atoms with Crippen molar-refractivity contribution in [3.8, 4) is 5.69 Å². The van der Waals surface area contributed by atoms with Gasteiger partial charge in [0.15, 0.2) is 5.82 Å². The third-order valence-electron chi connectivity index (χ3n) is 2.93. The standard InChI is InChI=1S/C12H11BrF2N4/c13-9-3-12(11(15)4-10(9)14)19-6-8(17-18-19)5-16-7-1-2-7/h3-4,6-7,16H,1-2,5H2. The highest BCUT2D eigenvalue weighted by molar-refractivity contribution is 9.10. The van der Waals surface area contributed by atoms with Gasteiger partial charge in [-0.15, -0.1) is 5.10 Å². The molecular formula is C12H11BrF2N4. The van der Waals surface area contributed by atoms with Crippen molar-refractivity contribution in [3.05, 3.63) is 40.1 Å². The summed E-state index contributed by atoms with van der Waals surface area (Å²) in [6.45, 7) is 0.606. The maximum atomic E-state index is 13.7. The van der Waals surface area contributed by atoms with E-state index in [1.807, 2.05) is 0 Å². The minimum Gasteiger partial charge on any atom is -0.308 e. The zero-order valence-corrected chi connectivity index (χ0v) is 11.5. The molecule has 0 spiro atoms. The van der Waals surface area contributed by atoms with Gasteiger partial charge in [0.1, 0.15) is 11.5 Å². The van der Waals surface area contributed by atoms with Gasteiger partial charge in [0.2, 0.25) is 0 Å². The van der Waals surface area contributed by atoms with Gasteiger partial charge < -0.3 is 5.32 Å². The number of nitrogens with one attached hydrogen (secondary N) is 1. The Morgan fingerprint density at radius 1 is 1.32 bits per heavy atom. The first-order chi connectivity index (χ1) is 9.13. The second kappa shape index (κ2) is 4.97. The second-order valence-electron chi connectivity index (χ2n) is 4.53. The van der Waals surface area contributed by atoms with E-state index in [-0.39, 0.29) is 10.2 Å². The lowest BCUT2D eigenvalue weighted by atomic mass is 10.3. The van der Waals surface area contributed by atoms with Crippen molar-refractivity contribution in [1.29, 1.82) is 0 Å². The molecule has 1 saturated carbocycles. The Morgan fingerprint density at radius 2 is 2.11 bits per heavy atom. The molecule has 2 aromatic rings. The molecule has 0 amide bonds. The summed E-state index contributed by atoms with van der Waals surface area (Å²) >= 11 is 3.03. The van der Waals surface area contributed by atoms with Crippen molar-refractivity contribution < 1.29 is 8.78 Å². The number of aromatic nitrogens is 3. The van der Waals surface area contributed by atoms with Gasteiger partial charge in [-0.05, 0) is 34.8 Å². The normalized spacial score (nSPS) is 14.9. The molecule has 0 saturated heterocycles. The molecule has 0 aliphatic heterocycles. The first kappa shape index (κ1) is 12.7. The van der Waals surface area contributed by atoms with E-state index in [1.54, 1.807) is 6.20 Å². The van der Waals surface area contributed by atoms with Gasteiger partial charge >= 0.3 is 0 Å². The van der Waals surface area contributed by atoms with Crippen LogP contribution in [0.4, 0.5) is 8.78 Å². The van der Waals surface area contributed by atoms with Crippen molar-refractivity contribution in [2.75, 3.05) is 0 Å². The molecule has 19 heavy (non-hydrogen) atoms. The largest absolute Gasteiger partial charge is 0.308 e. The highest BCUT2D eigenvalue weighted by atomic mass is 79.9. The Kier molecular flexibility index (Phi) is 3.32. The SMILES string of the molecule is Fc1cc(F)c(-n2cc(CNC3CC3)nn2)cc1Br. The monoisotopic (exact) mass is 328 g/mol. The summed E-state index contributed by atoms with van der Waals surface area (Å²) in [5.41, 5.74) is 0.894. The molecule has 1 aromatic carbocycles. The average Bonchev–Trinajstić information content (AvgIpc) is 3.09. The molecule has 1 aliphatic carbocycles. The van der Waals surface area contributed by atoms with Crippen LogP contribution in [0.25, 0.3) is 5.69 Å². The van der Waals surface area contributed by atoms with Crippen LogP contribution in [0.1, 0.15) is 18.5 Å². The highest BCUT2D eigenvalue weighted by Gasteiger charge is 2.20. The topological polar surface area (TPSA) is 42.7 Å². The number of nitrogens with zero attached hydrogens (tertiary/aromatic N) is 3. The van der Waals surface area contributed by atoms with E-state index in [4.69, 9.17) is 0 Å². The molecule has 4 nitrogen and oxygen atoms in total. The van der Waals surface area contributed by atoms with Crippen LogP contribution in [-0.2, 0) is 6.54 Å².